The summed E-state index contributed by atoms with van der Waals surface area (Å²) < 4.78 is 1.93. The van der Waals surface area contributed by atoms with E-state index in [9.17, 15) is 5.11 Å². The Kier molecular flexibility index (Phi) is 3.55. The molecule has 0 radical (unpaired) electrons. The Labute approximate surface area is 143 Å². The van der Waals surface area contributed by atoms with Crippen molar-refractivity contribution in [3.63, 3.8) is 0 Å². The first-order valence-electron chi connectivity index (χ1n) is 7.35. The van der Waals surface area contributed by atoms with Gasteiger partial charge in [0, 0.05) is 28.7 Å². The predicted molar refractivity (Wildman–Crippen MR) is 94.8 cm³/mol. The molecule has 0 aliphatic carbocycles. The first-order chi connectivity index (χ1) is 11.7. The lowest BCUT2D eigenvalue weighted by atomic mass is 10.1. The molecular weight excluding hydrogens is 324 g/mol. The molecule has 2 aromatic heterocycles. The number of anilines is 2. The van der Waals surface area contributed by atoms with Gasteiger partial charge in [0.1, 0.15) is 17.3 Å². The summed E-state index contributed by atoms with van der Waals surface area (Å²) in [6, 6.07) is 14.4. The lowest BCUT2D eigenvalue weighted by Gasteiger charge is -2.09. The third kappa shape index (κ3) is 2.66. The highest BCUT2D eigenvalue weighted by Crippen LogP contribution is 2.32. The van der Waals surface area contributed by atoms with E-state index >= 15 is 0 Å². The van der Waals surface area contributed by atoms with Gasteiger partial charge < -0.3 is 10.4 Å². The maximum atomic E-state index is 9.51. The number of rotatable bonds is 3. The first-order valence-corrected chi connectivity index (χ1v) is 7.72. The summed E-state index contributed by atoms with van der Waals surface area (Å²) in [5.74, 6) is 1.02. The number of hydrogen-bond acceptors (Lipinski definition) is 4. The maximum Gasteiger partial charge on any atom is 0.157 e. The zero-order valence-corrected chi connectivity index (χ0v) is 13.3. The number of imidazole rings is 1. The third-order valence-electron chi connectivity index (χ3n) is 3.66. The second-order valence-electron chi connectivity index (χ2n) is 5.30. The summed E-state index contributed by atoms with van der Waals surface area (Å²) in [5.41, 5.74) is 3.25. The van der Waals surface area contributed by atoms with Crippen LogP contribution in [0.1, 0.15) is 0 Å². The highest BCUT2D eigenvalue weighted by Gasteiger charge is 2.14. The van der Waals surface area contributed by atoms with Crippen molar-refractivity contribution in [1.82, 2.24) is 14.4 Å². The van der Waals surface area contributed by atoms with E-state index in [0.29, 0.717) is 5.02 Å². The number of benzene rings is 2. The molecule has 0 aliphatic heterocycles. The van der Waals surface area contributed by atoms with Gasteiger partial charge in [0.05, 0.1) is 6.20 Å². The minimum Gasteiger partial charge on any atom is -0.508 e. The molecule has 2 aromatic carbocycles. The van der Waals surface area contributed by atoms with Crippen molar-refractivity contribution < 1.29 is 5.11 Å². The SMILES string of the molecule is Oc1ccc(-c2nc3cnccn3c2Nc2cccc(Cl)c2)cc1. The number of fused-ring (bicyclic) bond motifs is 1. The van der Waals surface area contributed by atoms with Crippen LogP contribution in [-0.4, -0.2) is 19.5 Å². The summed E-state index contributed by atoms with van der Waals surface area (Å²) in [7, 11) is 0. The number of aromatic hydroxyl groups is 1. The summed E-state index contributed by atoms with van der Waals surface area (Å²) >= 11 is 6.08. The van der Waals surface area contributed by atoms with Crippen LogP contribution < -0.4 is 5.32 Å². The zero-order valence-electron chi connectivity index (χ0n) is 12.5. The van der Waals surface area contributed by atoms with Gasteiger partial charge in [0.15, 0.2) is 5.65 Å². The fraction of sp³-hybridized carbons (Fsp3) is 0. The van der Waals surface area contributed by atoms with Gasteiger partial charge >= 0.3 is 0 Å². The standard InChI is InChI=1S/C18H13ClN4O/c19-13-2-1-3-14(10-13)21-18-17(12-4-6-15(24)7-5-12)22-16-11-20-8-9-23(16)18/h1-11,21,24H. The Bertz CT molecular complexity index is 1010. The lowest BCUT2D eigenvalue weighted by Crippen LogP contribution is -1.97. The van der Waals surface area contributed by atoms with E-state index in [-0.39, 0.29) is 5.75 Å². The van der Waals surface area contributed by atoms with Crippen LogP contribution in [0.3, 0.4) is 0 Å². The zero-order chi connectivity index (χ0) is 16.5. The largest absolute Gasteiger partial charge is 0.508 e. The fourth-order valence-electron chi connectivity index (χ4n) is 2.55. The van der Waals surface area contributed by atoms with Gasteiger partial charge in [-0.3, -0.25) is 9.38 Å². The Morgan fingerprint density at radius 2 is 1.92 bits per heavy atom. The van der Waals surface area contributed by atoms with Crippen molar-refractivity contribution in [2.24, 2.45) is 0 Å². The van der Waals surface area contributed by atoms with Crippen LogP contribution in [0.15, 0.2) is 67.1 Å². The Hall–Kier alpha value is -3.05. The van der Waals surface area contributed by atoms with Gasteiger partial charge in [0.2, 0.25) is 0 Å². The number of hydrogen-bond donors (Lipinski definition) is 2. The Balaban J connectivity index is 1.88. The first kappa shape index (κ1) is 14.5. The summed E-state index contributed by atoms with van der Waals surface area (Å²) in [6.07, 6.45) is 5.25. The number of halogens is 1. The van der Waals surface area contributed by atoms with Gasteiger partial charge in [-0.1, -0.05) is 17.7 Å². The molecule has 6 heteroatoms. The highest BCUT2D eigenvalue weighted by atomic mass is 35.5. The van der Waals surface area contributed by atoms with Crippen LogP contribution in [0.4, 0.5) is 11.5 Å². The molecule has 0 bridgehead atoms. The van der Waals surface area contributed by atoms with E-state index in [2.05, 4.69) is 15.3 Å². The minimum atomic E-state index is 0.216. The van der Waals surface area contributed by atoms with Crippen molar-refractivity contribution in [3.8, 4) is 17.0 Å². The van der Waals surface area contributed by atoms with E-state index < -0.39 is 0 Å². The molecule has 0 aliphatic rings. The van der Waals surface area contributed by atoms with Crippen LogP contribution in [-0.2, 0) is 0 Å². The second kappa shape index (κ2) is 5.86. The average molecular weight is 337 g/mol. The second-order valence-corrected chi connectivity index (χ2v) is 5.73. The smallest absolute Gasteiger partial charge is 0.157 e. The minimum absolute atomic E-state index is 0.216. The van der Waals surface area contributed by atoms with E-state index in [4.69, 9.17) is 11.6 Å². The fourth-order valence-corrected chi connectivity index (χ4v) is 2.74. The van der Waals surface area contributed by atoms with Gasteiger partial charge in [-0.2, -0.15) is 0 Å². The normalized spacial score (nSPS) is 10.9. The van der Waals surface area contributed by atoms with Crippen LogP contribution >= 0.6 is 11.6 Å². The van der Waals surface area contributed by atoms with Crippen molar-refractivity contribution in [1.29, 1.82) is 0 Å². The molecule has 0 saturated heterocycles. The summed E-state index contributed by atoms with van der Waals surface area (Å²) in [4.78, 5) is 8.78. The van der Waals surface area contributed by atoms with E-state index in [1.165, 1.54) is 0 Å². The molecule has 24 heavy (non-hydrogen) atoms. The van der Waals surface area contributed by atoms with E-state index in [1.807, 2.05) is 47.0 Å². The van der Waals surface area contributed by atoms with Gasteiger partial charge in [-0.25, -0.2) is 4.98 Å². The molecule has 0 spiro atoms. The number of phenolic OH excluding ortho intramolecular Hbond substituents is 1. The molecule has 0 unspecified atom stereocenters. The monoisotopic (exact) mass is 336 g/mol. The predicted octanol–water partition coefficient (Wildman–Crippen LogP) is 4.50. The molecule has 0 saturated carbocycles. The summed E-state index contributed by atoms with van der Waals surface area (Å²) in [6.45, 7) is 0. The molecule has 2 heterocycles. The quantitative estimate of drug-likeness (QED) is 0.578. The van der Waals surface area contributed by atoms with Gasteiger partial charge in [-0.15, -0.1) is 0 Å². The van der Waals surface area contributed by atoms with Crippen molar-refractivity contribution >= 4 is 28.8 Å². The Morgan fingerprint density at radius 1 is 1.08 bits per heavy atom. The number of aromatic nitrogens is 3. The van der Waals surface area contributed by atoms with Crippen LogP contribution in [0.25, 0.3) is 16.9 Å². The lowest BCUT2D eigenvalue weighted by molar-refractivity contribution is 0.475. The number of nitrogens with zero attached hydrogens (tertiary/aromatic N) is 3. The third-order valence-corrected chi connectivity index (χ3v) is 3.89. The van der Waals surface area contributed by atoms with Crippen LogP contribution in [0, 0.1) is 0 Å². The Morgan fingerprint density at radius 3 is 2.71 bits per heavy atom. The molecule has 0 atom stereocenters. The summed E-state index contributed by atoms with van der Waals surface area (Å²) in [5, 5.41) is 13.5. The van der Waals surface area contributed by atoms with Crippen LogP contribution in [0.5, 0.6) is 5.75 Å². The molecule has 0 fully saturated rings. The molecule has 0 amide bonds. The maximum absolute atomic E-state index is 9.51. The highest BCUT2D eigenvalue weighted by molar-refractivity contribution is 6.30. The van der Waals surface area contributed by atoms with Gasteiger partial charge in [0.25, 0.3) is 0 Å². The van der Waals surface area contributed by atoms with Gasteiger partial charge in [-0.05, 0) is 42.5 Å². The average Bonchev–Trinajstić information content (AvgIpc) is 2.94. The van der Waals surface area contributed by atoms with E-state index in [0.717, 1.165) is 28.4 Å². The van der Waals surface area contributed by atoms with Crippen molar-refractivity contribution in [2.75, 3.05) is 5.32 Å². The van der Waals surface area contributed by atoms with Crippen molar-refractivity contribution in [3.05, 3.63) is 72.1 Å². The molecule has 5 nitrogen and oxygen atoms in total. The van der Waals surface area contributed by atoms with Crippen LogP contribution in [0.2, 0.25) is 5.02 Å². The molecule has 118 valence electrons. The molecule has 2 N–H and O–H groups in total. The molecule has 4 rings (SSSR count). The topological polar surface area (TPSA) is 62.5 Å². The molecular formula is C18H13ClN4O. The number of nitrogens with one attached hydrogen (secondary N) is 1. The number of phenols is 1. The van der Waals surface area contributed by atoms with E-state index in [1.54, 1.807) is 24.5 Å². The molecule has 4 aromatic rings. The van der Waals surface area contributed by atoms with Crippen molar-refractivity contribution in [2.45, 2.75) is 0 Å².